The number of aliphatic hydroxyl groups excluding tert-OH is 1. The van der Waals surface area contributed by atoms with E-state index in [1.54, 1.807) is 6.07 Å². The maximum Gasteiger partial charge on any atom is 0.428 e. The number of carbonyl (C=O) groups excluding carboxylic acids is 2. The molecule has 11 heteroatoms. The summed E-state index contributed by atoms with van der Waals surface area (Å²) in [4.78, 5) is 37.4. The van der Waals surface area contributed by atoms with Crippen molar-refractivity contribution in [2.45, 2.75) is 32.0 Å². The maximum absolute atomic E-state index is 12.8. The van der Waals surface area contributed by atoms with Crippen LogP contribution in [0.25, 0.3) is 0 Å². The molecule has 160 valence electrons. The second-order valence-corrected chi connectivity index (χ2v) is 7.37. The first-order chi connectivity index (χ1) is 15.0. The number of aliphatic hydroxyl groups is 1. The van der Waals surface area contributed by atoms with Crippen LogP contribution in [0.5, 0.6) is 5.88 Å². The lowest BCUT2D eigenvalue weighted by atomic mass is 10.0. The normalized spacial score (nSPS) is 22.4. The second kappa shape index (κ2) is 8.35. The van der Waals surface area contributed by atoms with Crippen LogP contribution < -0.4 is 15.0 Å². The Kier molecular flexibility index (Phi) is 5.60. The van der Waals surface area contributed by atoms with E-state index in [-0.39, 0.29) is 48.2 Å². The van der Waals surface area contributed by atoms with Crippen LogP contribution in [-0.2, 0) is 17.8 Å². The summed E-state index contributed by atoms with van der Waals surface area (Å²) >= 11 is 0. The summed E-state index contributed by atoms with van der Waals surface area (Å²) in [6, 6.07) is 2.87. The highest BCUT2D eigenvalue weighted by atomic mass is 16.5. The van der Waals surface area contributed by atoms with E-state index < -0.39 is 10.5 Å². The number of rotatable bonds is 5. The molecule has 0 aromatic carbocycles. The highest BCUT2D eigenvalue weighted by Crippen LogP contribution is 2.39. The molecule has 31 heavy (non-hydrogen) atoms. The molecule has 3 N–H and O–H groups in total. The standard InChI is InChI=1S/C20H20N6O5/c21-7-14-8-23-20(25-18(14)31-15-3-5-30-11-15)26(19(22)29)4-1-2-12-6-13(9-27)16(10-28)24-17(12)26/h6,8,10,15,27H,1-5,9,11H2,(H-,22,29)/p+1/t15?,26-/m1/s1. The van der Waals surface area contributed by atoms with Gasteiger partial charge in [-0.1, -0.05) is 0 Å². The quantitative estimate of drug-likeness (QED) is 0.523. The fourth-order valence-electron chi connectivity index (χ4n) is 3.94. The Morgan fingerprint density at radius 1 is 1.48 bits per heavy atom. The van der Waals surface area contributed by atoms with Crippen molar-refractivity contribution in [1.82, 2.24) is 19.4 Å². The van der Waals surface area contributed by atoms with Gasteiger partial charge in [-0.05, 0) is 12.5 Å². The largest absolute Gasteiger partial charge is 0.471 e. The first-order valence-electron chi connectivity index (χ1n) is 9.83. The topological polar surface area (TPSA) is 161 Å². The zero-order valence-corrected chi connectivity index (χ0v) is 16.7. The van der Waals surface area contributed by atoms with Gasteiger partial charge in [0, 0.05) is 24.0 Å². The van der Waals surface area contributed by atoms with E-state index in [4.69, 9.17) is 15.2 Å². The molecule has 1 unspecified atom stereocenters. The van der Waals surface area contributed by atoms with E-state index in [1.165, 1.54) is 6.20 Å². The van der Waals surface area contributed by atoms with Gasteiger partial charge in [0.05, 0.1) is 26.0 Å². The number of fused-ring (bicyclic) bond motifs is 1. The number of hydrogen-bond donors (Lipinski definition) is 2. The number of nitriles is 1. The number of aryl methyl sites for hydroxylation is 1. The fraction of sp³-hybridized carbons (Fsp3) is 0.400. The van der Waals surface area contributed by atoms with Crippen molar-refractivity contribution in [3.63, 3.8) is 0 Å². The molecule has 4 heterocycles. The Labute approximate surface area is 177 Å². The van der Waals surface area contributed by atoms with Gasteiger partial charge >= 0.3 is 12.0 Å². The first-order valence-corrected chi connectivity index (χ1v) is 9.83. The van der Waals surface area contributed by atoms with Crippen LogP contribution in [0, 0.1) is 11.3 Å². The minimum absolute atomic E-state index is 0.00228. The number of nitrogens with two attached hydrogens (primary N) is 1. The Bertz CT molecular complexity index is 1080. The van der Waals surface area contributed by atoms with Gasteiger partial charge in [-0.15, -0.1) is 9.47 Å². The number of quaternary nitrogens is 1. The molecule has 1 saturated heterocycles. The Balaban J connectivity index is 1.88. The van der Waals surface area contributed by atoms with Gasteiger partial charge in [0.15, 0.2) is 6.29 Å². The number of pyridine rings is 1. The number of carbonyl (C=O) groups is 2. The summed E-state index contributed by atoms with van der Waals surface area (Å²) in [6.45, 7) is 0.783. The van der Waals surface area contributed by atoms with Crippen molar-refractivity contribution in [1.29, 1.82) is 5.26 Å². The van der Waals surface area contributed by atoms with Gasteiger partial charge in [0.25, 0.3) is 0 Å². The third-order valence-electron chi connectivity index (χ3n) is 5.52. The maximum atomic E-state index is 12.8. The Morgan fingerprint density at radius 3 is 2.97 bits per heavy atom. The minimum atomic E-state index is -0.776. The third-order valence-corrected chi connectivity index (χ3v) is 5.52. The third kappa shape index (κ3) is 3.50. The number of hydrogen-bond acceptors (Lipinski definition) is 9. The molecule has 11 nitrogen and oxygen atoms in total. The van der Waals surface area contributed by atoms with E-state index in [1.807, 2.05) is 6.07 Å². The average Bonchev–Trinajstić information content (AvgIpc) is 3.30. The molecule has 0 radical (unpaired) electrons. The highest BCUT2D eigenvalue weighted by Gasteiger charge is 2.49. The molecular formula is C20H21N6O5+. The molecule has 2 amide bonds. The van der Waals surface area contributed by atoms with E-state index in [9.17, 15) is 20.0 Å². The zero-order chi connectivity index (χ0) is 22.0. The lowest BCUT2D eigenvalue weighted by molar-refractivity contribution is 0.111. The molecule has 0 spiro atoms. The summed E-state index contributed by atoms with van der Waals surface area (Å²) < 4.78 is 10.5. The van der Waals surface area contributed by atoms with Crippen molar-refractivity contribution in [2.24, 2.45) is 5.73 Å². The van der Waals surface area contributed by atoms with Crippen LogP contribution in [-0.4, -0.2) is 58.2 Å². The van der Waals surface area contributed by atoms with E-state index >= 15 is 0 Å². The average molecular weight is 425 g/mol. The van der Waals surface area contributed by atoms with Crippen molar-refractivity contribution in [3.05, 3.63) is 34.6 Å². The lowest BCUT2D eigenvalue weighted by Gasteiger charge is -2.34. The minimum Gasteiger partial charge on any atom is -0.471 e. The summed E-state index contributed by atoms with van der Waals surface area (Å²) in [7, 11) is 0. The molecule has 2 aromatic rings. The molecule has 2 aliphatic heterocycles. The van der Waals surface area contributed by atoms with Crippen molar-refractivity contribution in [3.8, 4) is 11.9 Å². The van der Waals surface area contributed by atoms with E-state index in [0.717, 1.165) is 0 Å². The molecular weight excluding hydrogens is 404 g/mol. The number of aromatic nitrogens is 3. The second-order valence-electron chi connectivity index (χ2n) is 7.37. The van der Waals surface area contributed by atoms with Gasteiger partial charge in [-0.2, -0.15) is 15.2 Å². The number of aldehydes is 1. The highest BCUT2D eigenvalue weighted by molar-refractivity contribution is 5.92. The molecule has 2 atom stereocenters. The van der Waals surface area contributed by atoms with Crippen molar-refractivity contribution < 1.29 is 24.2 Å². The van der Waals surface area contributed by atoms with Crippen molar-refractivity contribution >= 4 is 24.1 Å². The summed E-state index contributed by atoms with van der Waals surface area (Å²) in [5, 5.41) is 19.0. The van der Waals surface area contributed by atoms with Crippen LogP contribution >= 0.6 is 0 Å². The molecule has 2 aliphatic rings. The summed E-state index contributed by atoms with van der Waals surface area (Å²) in [5.74, 6) is 0.275. The van der Waals surface area contributed by atoms with Gasteiger partial charge in [0.1, 0.15) is 30.0 Å². The number of primary amides is 1. The summed E-state index contributed by atoms with van der Waals surface area (Å²) in [6.07, 6.45) is 3.34. The van der Waals surface area contributed by atoms with E-state index in [2.05, 4.69) is 15.0 Å². The molecule has 0 saturated carbocycles. The smallest absolute Gasteiger partial charge is 0.428 e. The number of ether oxygens (including phenoxy) is 2. The molecule has 2 aromatic heterocycles. The Hall–Kier alpha value is -3.46. The molecule has 1 fully saturated rings. The van der Waals surface area contributed by atoms with Crippen LogP contribution in [0.15, 0.2) is 12.3 Å². The van der Waals surface area contributed by atoms with E-state index in [0.29, 0.717) is 49.9 Å². The summed E-state index contributed by atoms with van der Waals surface area (Å²) in [5.41, 5.74) is 7.01. The number of amides is 2. The SMILES string of the molecule is N#Cc1cnc([N@+]2(C(N)=O)CCCc3cc(CO)c(C=O)nc32)nc1OC1CCOC1. The van der Waals surface area contributed by atoms with Crippen LogP contribution in [0.1, 0.15) is 40.0 Å². The molecule has 0 bridgehead atoms. The fourth-order valence-corrected chi connectivity index (χ4v) is 3.94. The number of nitrogens with zero attached hydrogens (tertiary/aromatic N) is 5. The predicted molar refractivity (Wildman–Crippen MR) is 106 cm³/mol. The Morgan fingerprint density at radius 2 is 2.32 bits per heavy atom. The predicted octanol–water partition coefficient (Wildman–Crippen LogP) is 0.880. The molecule has 4 rings (SSSR count). The van der Waals surface area contributed by atoms with Crippen LogP contribution in [0.2, 0.25) is 0 Å². The first kappa shape index (κ1) is 20.8. The van der Waals surface area contributed by atoms with Gasteiger partial charge in [-0.3, -0.25) is 4.79 Å². The lowest BCUT2D eigenvalue weighted by Crippen LogP contribution is -2.57. The van der Waals surface area contributed by atoms with Crippen molar-refractivity contribution in [2.75, 3.05) is 19.8 Å². The van der Waals surface area contributed by atoms with Gasteiger partial charge in [0.2, 0.25) is 11.7 Å². The number of urea groups is 1. The van der Waals surface area contributed by atoms with Crippen LogP contribution in [0.4, 0.5) is 16.6 Å². The van der Waals surface area contributed by atoms with Crippen LogP contribution in [0.3, 0.4) is 0 Å². The zero-order valence-electron chi connectivity index (χ0n) is 16.7. The molecule has 0 aliphatic carbocycles. The monoisotopic (exact) mass is 425 g/mol. The van der Waals surface area contributed by atoms with Gasteiger partial charge in [-0.25, -0.2) is 4.79 Å². The van der Waals surface area contributed by atoms with Gasteiger partial charge < -0.3 is 20.3 Å².